The lowest BCUT2D eigenvalue weighted by molar-refractivity contribution is 0.0702. The second-order valence-electron chi connectivity index (χ2n) is 3.69. The standard InChI is InChI=1S/C13H11ClO2S2/c14-10-3-1-9(2-4-10)7-17-8-11-5-6-12(18-11)13(15)16/h1-6H,7-8H2,(H,15,16). The predicted octanol–water partition coefficient (Wildman–Crippen LogP) is 4.53. The van der Waals surface area contributed by atoms with E-state index in [1.165, 1.54) is 16.9 Å². The van der Waals surface area contributed by atoms with Crippen LogP contribution in [0.25, 0.3) is 0 Å². The number of thiophene rings is 1. The van der Waals surface area contributed by atoms with Crippen LogP contribution in [-0.2, 0) is 11.5 Å². The van der Waals surface area contributed by atoms with Crippen molar-refractivity contribution in [3.05, 3.63) is 56.7 Å². The van der Waals surface area contributed by atoms with Crippen LogP contribution >= 0.6 is 34.7 Å². The summed E-state index contributed by atoms with van der Waals surface area (Å²) in [7, 11) is 0. The fourth-order valence-corrected chi connectivity index (χ4v) is 3.50. The number of aromatic carboxylic acids is 1. The number of carboxylic acid groups (broad SMARTS) is 1. The highest BCUT2D eigenvalue weighted by atomic mass is 35.5. The first-order valence-electron chi connectivity index (χ1n) is 5.29. The van der Waals surface area contributed by atoms with Crippen LogP contribution in [0.15, 0.2) is 36.4 Å². The molecule has 0 fully saturated rings. The zero-order valence-electron chi connectivity index (χ0n) is 9.43. The number of carbonyl (C=O) groups is 1. The Kier molecular flexibility index (Phi) is 4.69. The lowest BCUT2D eigenvalue weighted by Crippen LogP contribution is -1.89. The number of rotatable bonds is 5. The predicted molar refractivity (Wildman–Crippen MR) is 77.7 cm³/mol. The first-order chi connectivity index (χ1) is 8.65. The monoisotopic (exact) mass is 298 g/mol. The minimum atomic E-state index is -0.853. The lowest BCUT2D eigenvalue weighted by atomic mass is 10.2. The molecule has 2 rings (SSSR count). The first-order valence-corrected chi connectivity index (χ1v) is 7.64. The number of hydrogen-bond acceptors (Lipinski definition) is 3. The zero-order valence-corrected chi connectivity index (χ0v) is 11.8. The molecule has 1 aromatic carbocycles. The molecule has 5 heteroatoms. The highest BCUT2D eigenvalue weighted by molar-refractivity contribution is 7.97. The largest absolute Gasteiger partial charge is 0.477 e. The van der Waals surface area contributed by atoms with Gasteiger partial charge in [-0.05, 0) is 29.8 Å². The van der Waals surface area contributed by atoms with Crippen molar-refractivity contribution in [1.29, 1.82) is 0 Å². The zero-order chi connectivity index (χ0) is 13.0. The second-order valence-corrected chi connectivity index (χ2v) is 6.28. The molecule has 2 aromatic rings. The summed E-state index contributed by atoms with van der Waals surface area (Å²) >= 11 is 8.92. The maximum Gasteiger partial charge on any atom is 0.345 e. The first kappa shape index (κ1) is 13.5. The summed E-state index contributed by atoms with van der Waals surface area (Å²) in [5.41, 5.74) is 1.22. The number of carboxylic acids is 1. The van der Waals surface area contributed by atoms with Crippen molar-refractivity contribution in [2.45, 2.75) is 11.5 Å². The fourth-order valence-electron chi connectivity index (χ4n) is 1.42. The molecule has 1 heterocycles. The minimum Gasteiger partial charge on any atom is -0.477 e. The molecule has 0 atom stereocenters. The Bertz CT molecular complexity index is 534. The van der Waals surface area contributed by atoms with Gasteiger partial charge in [-0.2, -0.15) is 11.8 Å². The molecule has 0 saturated carbocycles. The van der Waals surface area contributed by atoms with Crippen LogP contribution in [0.3, 0.4) is 0 Å². The molecule has 0 unspecified atom stereocenters. The number of halogens is 1. The van der Waals surface area contributed by atoms with E-state index in [9.17, 15) is 4.79 Å². The molecule has 0 aliphatic rings. The van der Waals surface area contributed by atoms with E-state index in [1.54, 1.807) is 17.8 Å². The summed E-state index contributed by atoms with van der Waals surface area (Å²) < 4.78 is 0. The Morgan fingerprint density at radius 3 is 2.50 bits per heavy atom. The van der Waals surface area contributed by atoms with Gasteiger partial charge in [0, 0.05) is 21.4 Å². The van der Waals surface area contributed by atoms with Gasteiger partial charge in [0.1, 0.15) is 4.88 Å². The summed E-state index contributed by atoms with van der Waals surface area (Å²) in [6.07, 6.45) is 0. The van der Waals surface area contributed by atoms with Gasteiger partial charge in [0.2, 0.25) is 0 Å². The highest BCUT2D eigenvalue weighted by Gasteiger charge is 2.06. The summed E-state index contributed by atoms with van der Waals surface area (Å²) in [6.45, 7) is 0. The third kappa shape index (κ3) is 3.77. The van der Waals surface area contributed by atoms with E-state index >= 15 is 0 Å². The molecule has 94 valence electrons. The van der Waals surface area contributed by atoms with E-state index in [0.29, 0.717) is 4.88 Å². The van der Waals surface area contributed by atoms with Gasteiger partial charge >= 0.3 is 5.97 Å². The van der Waals surface area contributed by atoms with Gasteiger partial charge in [-0.1, -0.05) is 23.7 Å². The van der Waals surface area contributed by atoms with E-state index in [0.717, 1.165) is 21.4 Å². The van der Waals surface area contributed by atoms with E-state index in [4.69, 9.17) is 16.7 Å². The molecule has 0 aliphatic carbocycles. The molecule has 0 amide bonds. The number of hydrogen-bond donors (Lipinski definition) is 1. The van der Waals surface area contributed by atoms with Crippen LogP contribution in [-0.4, -0.2) is 11.1 Å². The molecule has 0 bridgehead atoms. The molecule has 0 saturated heterocycles. The second kappa shape index (κ2) is 6.27. The third-order valence-electron chi connectivity index (χ3n) is 2.30. The Morgan fingerprint density at radius 1 is 1.17 bits per heavy atom. The highest BCUT2D eigenvalue weighted by Crippen LogP contribution is 2.24. The summed E-state index contributed by atoms with van der Waals surface area (Å²) in [5.74, 6) is 0.881. The van der Waals surface area contributed by atoms with Gasteiger partial charge in [-0.3, -0.25) is 0 Å². The van der Waals surface area contributed by atoms with Crippen LogP contribution in [0.1, 0.15) is 20.1 Å². The summed E-state index contributed by atoms with van der Waals surface area (Å²) in [5, 5.41) is 9.56. The van der Waals surface area contributed by atoms with Gasteiger partial charge in [0.25, 0.3) is 0 Å². The average molecular weight is 299 g/mol. The summed E-state index contributed by atoms with van der Waals surface area (Å²) in [4.78, 5) is 12.2. The van der Waals surface area contributed by atoms with Gasteiger partial charge in [0.05, 0.1) is 0 Å². The molecular formula is C13H11ClO2S2. The van der Waals surface area contributed by atoms with Crippen molar-refractivity contribution in [3.63, 3.8) is 0 Å². The third-order valence-corrected chi connectivity index (χ3v) is 4.86. The van der Waals surface area contributed by atoms with E-state index < -0.39 is 5.97 Å². The van der Waals surface area contributed by atoms with Gasteiger partial charge in [0.15, 0.2) is 0 Å². The number of thioether (sulfide) groups is 1. The van der Waals surface area contributed by atoms with E-state index in [1.807, 2.05) is 30.3 Å². The van der Waals surface area contributed by atoms with Crippen molar-refractivity contribution >= 4 is 40.7 Å². The molecule has 2 nitrogen and oxygen atoms in total. The van der Waals surface area contributed by atoms with Crippen molar-refractivity contribution in [1.82, 2.24) is 0 Å². The van der Waals surface area contributed by atoms with Gasteiger partial charge < -0.3 is 5.11 Å². The van der Waals surface area contributed by atoms with Crippen molar-refractivity contribution in [2.75, 3.05) is 0 Å². The Balaban J connectivity index is 1.84. The molecule has 18 heavy (non-hydrogen) atoms. The SMILES string of the molecule is O=C(O)c1ccc(CSCc2ccc(Cl)cc2)s1. The average Bonchev–Trinajstić information content (AvgIpc) is 2.81. The lowest BCUT2D eigenvalue weighted by Gasteiger charge is -2.00. The van der Waals surface area contributed by atoms with Crippen molar-refractivity contribution in [3.8, 4) is 0 Å². The molecule has 0 aliphatic heterocycles. The fraction of sp³-hybridized carbons (Fsp3) is 0.154. The molecule has 0 spiro atoms. The van der Waals surface area contributed by atoms with Gasteiger partial charge in [-0.15, -0.1) is 11.3 Å². The molecular weight excluding hydrogens is 288 g/mol. The maximum atomic E-state index is 10.7. The quantitative estimate of drug-likeness (QED) is 0.881. The normalized spacial score (nSPS) is 10.5. The number of benzene rings is 1. The van der Waals surface area contributed by atoms with Crippen molar-refractivity contribution in [2.24, 2.45) is 0 Å². The molecule has 1 N–H and O–H groups in total. The molecule has 0 radical (unpaired) electrons. The van der Waals surface area contributed by atoms with Crippen LogP contribution in [0.4, 0.5) is 0 Å². The topological polar surface area (TPSA) is 37.3 Å². The van der Waals surface area contributed by atoms with Gasteiger partial charge in [-0.25, -0.2) is 4.79 Å². The maximum absolute atomic E-state index is 10.7. The Morgan fingerprint density at radius 2 is 1.89 bits per heavy atom. The Hall–Kier alpha value is -0.970. The van der Waals surface area contributed by atoms with E-state index in [2.05, 4.69) is 0 Å². The van der Waals surface area contributed by atoms with Crippen molar-refractivity contribution < 1.29 is 9.90 Å². The van der Waals surface area contributed by atoms with E-state index in [-0.39, 0.29) is 0 Å². The van der Waals surface area contributed by atoms with Crippen LogP contribution in [0, 0.1) is 0 Å². The minimum absolute atomic E-state index is 0.400. The van der Waals surface area contributed by atoms with Crippen LogP contribution in [0.2, 0.25) is 5.02 Å². The van der Waals surface area contributed by atoms with Crippen LogP contribution < -0.4 is 0 Å². The molecule has 1 aromatic heterocycles. The Labute approximate surface area is 119 Å². The smallest absolute Gasteiger partial charge is 0.345 e. The van der Waals surface area contributed by atoms with Crippen LogP contribution in [0.5, 0.6) is 0 Å². The summed E-state index contributed by atoms with van der Waals surface area (Å²) in [6, 6.07) is 11.3.